The van der Waals surface area contributed by atoms with Crippen LogP contribution in [0.2, 0.25) is 5.02 Å². The molecule has 0 aliphatic carbocycles. The largest absolute Gasteiger partial charge is 0.481 e. The summed E-state index contributed by atoms with van der Waals surface area (Å²) in [4.78, 5) is 15.7. The van der Waals surface area contributed by atoms with E-state index in [-0.39, 0.29) is 6.04 Å². The van der Waals surface area contributed by atoms with Gasteiger partial charge in [0.15, 0.2) is 0 Å². The highest BCUT2D eigenvalue weighted by Gasteiger charge is 2.22. The number of carbonyl (C=O) groups is 1. The second-order valence-corrected chi connectivity index (χ2v) is 5.66. The third-order valence-electron chi connectivity index (χ3n) is 3.34. The summed E-state index contributed by atoms with van der Waals surface area (Å²) in [7, 11) is 0. The van der Waals surface area contributed by atoms with Gasteiger partial charge in [-0.1, -0.05) is 29.8 Å². The molecule has 21 heavy (non-hydrogen) atoms. The standard InChI is InChI=1S/C15H18ClN3O2/c1-10(2)19-14(17-9-18-19)8-12(15(20)21)7-11-5-3-4-6-13(11)16/h3-6,9-10,12H,7-8H2,1-2H3,(H,20,21). The summed E-state index contributed by atoms with van der Waals surface area (Å²) in [6, 6.07) is 7.46. The Labute approximate surface area is 128 Å². The SMILES string of the molecule is CC(C)n1ncnc1CC(Cc1ccccc1Cl)C(=O)O. The van der Waals surface area contributed by atoms with Crippen molar-refractivity contribution in [3.05, 3.63) is 47.0 Å². The van der Waals surface area contributed by atoms with Gasteiger partial charge in [0.1, 0.15) is 12.2 Å². The highest BCUT2D eigenvalue weighted by Crippen LogP contribution is 2.21. The van der Waals surface area contributed by atoms with Crippen molar-refractivity contribution >= 4 is 17.6 Å². The Kier molecular flexibility index (Phi) is 4.96. The number of rotatable bonds is 6. The lowest BCUT2D eigenvalue weighted by Gasteiger charge is -2.15. The van der Waals surface area contributed by atoms with Crippen molar-refractivity contribution in [2.24, 2.45) is 5.92 Å². The van der Waals surface area contributed by atoms with Crippen LogP contribution in [-0.2, 0) is 17.6 Å². The first-order valence-electron chi connectivity index (χ1n) is 6.83. The minimum absolute atomic E-state index is 0.150. The van der Waals surface area contributed by atoms with Gasteiger partial charge in [-0.2, -0.15) is 5.10 Å². The molecule has 0 aliphatic rings. The molecule has 0 aliphatic heterocycles. The number of halogens is 1. The van der Waals surface area contributed by atoms with Crippen LogP contribution in [0.3, 0.4) is 0 Å². The van der Waals surface area contributed by atoms with E-state index in [2.05, 4.69) is 10.1 Å². The first-order chi connectivity index (χ1) is 9.99. The zero-order valence-corrected chi connectivity index (χ0v) is 12.8. The number of nitrogens with zero attached hydrogens (tertiary/aromatic N) is 3. The van der Waals surface area contributed by atoms with Crippen LogP contribution in [0.15, 0.2) is 30.6 Å². The topological polar surface area (TPSA) is 68.0 Å². The molecule has 0 radical (unpaired) electrons. The molecule has 0 spiro atoms. The van der Waals surface area contributed by atoms with Gasteiger partial charge in [-0.05, 0) is 31.9 Å². The Morgan fingerprint density at radius 2 is 2.05 bits per heavy atom. The molecule has 0 amide bonds. The summed E-state index contributed by atoms with van der Waals surface area (Å²) in [5, 5.41) is 14.2. The molecule has 1 unspecified atom stereocenters. The third-order valence-corrected chi connectivity index (χ3v) is 3.71. The molecule has 112 valence electrons. The van der Waals surface area contributed by atoms with Crippen molar-refractivity contribution in [3.8, 4) is 0 Å². The average Bonchev–Trinajstić information content (AvgIpc) is 2.88. The van der Waals surface area contributed by atoms with Crippen molar-refractivity contribution in [2.75, 3.05) is 0 Å². The lowest BCUT2D eigenvalue weighted by atomic mass is 9.96. The van der Waals surface area contributed by atoms with Gasteiger partial charge in [-0.3, -0.25) is 4.79 Å². The number of aromatic nitrogens is 3. The van der Waals surface area contributed by atoms with Crippen LogP contribution in [-0.4, -0.2) is 25.8 Å². The number of hydrogen-bond donors (Lipinski definition) is 1. The highest BCUT2D eigenvalue weighted by molar-refractivity contribution is 6.31. The molecule has 1 heterocycles. The minimum Gasteiger partial charge on any atom is -0.481 e. The maximum Gasteiger partial charge on any atom is 0.307 e. The average molecular weight is 308 g/mol. The molecule has 1 N–H and O–H groups in total. The molecular weight excluding hydrogens is 290 g/mol. The van der Waals surface area contributed by atoms with E-state index >= 15 is 0 Å². The van der Waals surface area contributed by atoms with Gasteiger partial charge in [-0.15, -0.1) is 0 Å². The van der Waals surface area contributed by atoms with Crippen LogP contribution in [0, 0.1) is 5.92 Å². The van der Waals surface area contributed by atoms with Gasteiger partial charge in [0.25, 0.3) is 0 Å². The minimum atomic E-state index is -0.853. The number of carboxylic acid groups (broad SMARTS) is 1. The van der Waals surface area contributed by atoms with Crippen LogP contribution in [0.5, 0.6) is 0 Å². The first-order valence-corrected chi connectivity index (χ1v) is 7.21. The van der Waals surface area contributed by atoms with Crippen LogP contribution in [0.25, 0.3) is 0 Å². The molecule has 1 aromatic carbocycles. The monoisotopic (exact) mass is 307 g/mol. The van der Waals surface area contributed by atoms with Gasteiger partial charge in [0, 0.05) is 17.5 Å². The molecule has 0 fully saturated rings. The summed E-state index contributed by atoms with van der Waals surface area (Å²) >= 11 is 6.11. The van der Waals surface area contributed by atoms with Crippen molar-refractivity contribution in [1.29, 1.82) is 0 Å². The molecule has 6 heteroatoms. The van der Waals surface area contributed by atoms with E-state index in [0.717, 1.165) is 5.56 Å². The molecule has 0 bridgehead atoms. The fourth-order valence-corrected chi connectivity index (χ4v) is 2.46. The Morgan fingerprint density at radius 1 is 1.33 bits per heavy atom. The second kappa shape index (κ2) is 6.72. The van der Waals surface area contributed by atoms with Crippen molar-refractivity contribution in [1.82, 2.24) is 14.8 Å². The van der Waals surface area contributed by atoms with E-state index in [4.69, 9.17) is 11.6 Å². The van der Waals surface area contributed by atoms with E-state index in [9.17, 15) is 9.90 Å². The fourth-order valence-electron chi connectivity index (χ4n) is 2.25. The number of hydrogen-bond acceptors (Lipinski definition) is 3. The summed E-state index contributed by atoms with van der Waals surface area (Å²) < 4.78 is 1.75. The predicted octanol–water partition coefficient (Wildman–Crippen LogP) is 3.00. The molecule has 2 aromatic rings. The summed E-state index contributed by atoms with van der Waals surface area (Å²) in [6.45, 7) is 3.98. The third kappa shape index (κ3) is 3.82. The fraction of sp³-hybridized carbons (Fsp3) is 0.400. The van der Waals surface area contributed by atoms with E-state index in [1.54, 1.807) is 10.7 Å². The van der Waals surface area contributed by atoms with E-state index in [1.807, 2.05) is 32.0 Å². The van der Waals surface area contributed by atoms with Crippen molar-refractivity contribution < 1.29 is 9.90 Å². The number of carboxylic acids is 1. The zero-order valence-electron chi connectivity index (χ0n) is 12.0. The molecule has 0 saturated heterocycles. The molecule has 2 rings (SSSR count). The summed E-state index contributed by atoms with van der Waals surface area (Å²) in [6.07, 6.45) is 2.17. The highest BCUT2D eigenvalue weighted by atomic mass is 35.5. The maximum atomic E-state index is 11.5. The molecule has 1 aromatic heterocycles. The van der Waals surface area contributed by atoms with Gasteiger partial charge >= 0.3 is 5.97 Å². The number of benzene rings is 1. The summed E-state index contributed by atoms with van der Waals surface area (Å²) in [5.74, 6) is -0.746. The van der Waals surface area contributed by atoms with Crippen LogP contribution in [0.1, 0.15) is 31.3 Å². The maximum absolute atomic E-state index is 11.5. The van der Waals surface area contributed by atoms with Gasteiger partial charge in [0.2, 0.25) is 0 Å². The van der Waals surface area contributed by atoms with Gasteiger partial charge in [-0.25, -0.2) is 9.67 Å². The lowest BCUT2D eigenvalue weighted by Crippen LogP contribution is -2.22. The Balaban J connectivity index is 2.19. The molecule has 0 saturated carbocycles. The van der Waals surface area contributed by atoms with Crippen LogP contribution in [0.4, 0.5) is 0 Å². The predicted molar refractivity (Wildman–Crippen MR) is 80.4 cm³/mol. The summed E-state index contributed by atoms with van der Waals surface area (Å²) in [5.41, 5.74) is 0.835. The number of aliphatic carboxylic acids is 1. The van der Waals surface area contributed by atoms with E-state index in [0.29, 0.717) is 23.7 Å². The normalized spacial score (nSPS) is 12.6. The molecular formula is C15H18ClN3O2. The van der Waals surface area contributed by atoms with Crippen molar-refractivity contribution in [3.63, 3.8) is 0 Å². The van der Waals surface area contributed by atoms with Crippen molar-refractivity contribution in [2.45, 2.75) is 32.7 Å². The van der Waals surface area contributed by atoms with Crippen LogP contribution >= 0.6 is 11.6 Å². The quantitative estimate of drug-likeness (QED) is 0.890. The van der Waals surface area contributed by atoms with Gasteiger partial charge < -0.3 is 5.11 Å². The Hall–Kier alpha value is -1.88. The smallest absolute Gasteiger partial charge is 0.307 e. The Bertz CT molecular complexity index is 625. The first kappa shape index (κ1) is 15.5. The molecule has 5 nitrogen and oxygen atoms in total. The Morgan fingerprint density at radius 3 is 2.67 bits per heavy atom. The lowest BCUT2D eigenvalue weighted by molar-refractivity contribution is -0.141. The van der Waals surface area contributed by atoms with Crippen LogP contribution < -0.4 is 0 Å². The molecule has 1 atom stereocenters. The van der Waals surface area contributed by atoms with E-state index in [1.165, 1.54) is 6.33 Å². The van der Waals surface area contributed by atoms with Gasteiger partial charge in [0.05, 0.1) is 5.92 Å². The van der Waals surface area contributed by atoms with E-state index < -0.39 is 11.9 Å². The second-order valence-electron chi connectivity index (χ2n) is 5.25. The zero-order chi connectivity index (χ0) is 15.4.